The van der Waals surface area contributed by atoms with Crippen LogP contribution < -0.4 is 0 Å². The summed E-state index contributed by atoms with van der Waals surface area (Å²) in [7, 11) is 0. The molecule has 6 nitrogen and oxygen atoms in total. The summed E-state index contributed by atoms with van der Waals surface area (Å²) < 4.78 is 24.5. The van der Waals surface area contributed by atoms with Crippen LogP contribution in [0.15, 0.2) is 6.07 Å². The number of nitriles is 1. The molecular weight excluding hydrogens is 212 g/mol. The van der Waals surface area contributed by atoms with Gasteiger partial charge in [0.1, 0.15) is 11.8 Å². The van der Waals surface area contributed by atoms with Crippen molar-refractivity contribution in [3.8, 4) is 11.8 Å². The first-order valence-electron chi connectivity index (χ1n) is 3.54. The van der Waals surface area contributed by atoms with Crippen molar-refractivity contribution >= 4 is 5.69 Å². The molecule has 78 valence electrons. The van der Waals surface area contributed by atoms with Crippen LogP contribution in [0.5, 0.6) is 5.75 Å². The van der Waals surface area contributed by atoms with Crippen molar-refractivity contribution in [2.24, 2.45) is 0 Å². The van der Waals surface area contributed by atoms with E-state index in [1.165, 1.54) is 6.07 Å². The lowest BCUT2D eigenvalue weighted by Gasteiger charge is -2.02. The minimum Gasteiger partial charge on any atom is -0.501 e. The Kier molecular flexibility index (Phi) is 2.75. The van der Waals surface area contributed by atoms with Crippen LogP contribution in [0.1, 0.15) is 17.8 Å². The zero-order chi connectivity index (χ0) is 11.6. The molecule has 0 aliphatic carbocycles. The zero-order valence-corrected chi connectivity index (χ0v) is 7.02. The summed E-state index contributed by atoms with van der Waals surface area (Å²) in [5.41, 5.74) is -2.67. The second kappa shape index (κ2) is 3.83. The molecule has 15 heavy (non-hydrogen) atoms. The third-order valence-corrected chi connectivity index (χ3v) is 1.52. The Bertz CT molecular complexity index is 456. The van der Waals surface area contributed by atoms with Crippen molar-refractivity contribution in [3.63, 3.8) is 0 Å². The quantitative estimate of drug-likeness (QED) is 0.595. The Morgan fingerprint density at radius 2 is 2.27 bits per heavy atom. The minimum atomic E-state index is -3.18. The first kappa shape index (κ1) is 10.8. The van der Waals surface area contributed by atoms with Gasteiger partial charge in [0.25, 0.3) is 6.43 Å². The van der Waals surface area contributed by atoms with E-state index in [0.29, 0.717) is 6.07 Å². The number of pyridine rings is 1. The van der Waals surface area contributed by atoms with E-state index in [-0.39, 0.29) is 0 Å². The molecule has 0 saturated carbocycles. The Morgan fingerprint density at radius 1 is 1.67 bits per heavy atom. The number of nitro groups is 1. The summed E-state index contributed by atoms with van der Waals surface area (Å²) in [6.45, 7) is 0. The standard InChI is InChI=1S/C7H3F2N3O3/c8-7(9)5-6(13)4(12(14)15)1-3(2-10)11-5/h1,7,13H. The second-order valence-corrected chi connectivity index (χ2v) is 2.43. The van der Waals surface area contributed by atoms with Crippen LogP contribution in [0, 0.1) is 21.4 Å². The number of hydrogen-bond acceptors (Lipinski definition) is 5. The molecule has 0 aromatic carbocycles. The van der Waals surface area contributed by atoms with Gasteiger partial charge in [-0.15, -0.1) is 0 Å². The van der Waals surface area contributed by atoms with Crippen LogP contribution in [0.2, 0.25) is 0 Å². The Balaban J connectivity index is 3.49. The van der Waals surface area contributed by atoms with E-state index in [1.807, 2.05) is 0 Å². The monoisotopic (exact) mass is 215 g/mol. The number of rotatable bonds is 2. The molecule has 1 N–H and O–H groups in total. The fraction of sp³-hybridized carbons (Fsp3) is 0.143. The van der Waals surface area contributed by atoms with Crippen LogP contribution in [0.4, 0.5) is 14.5 Å². The lowest BCUT2D eigenvalue weighted by Crippen LogP contribution is -1.99. The van der Waals surface area contributed by atoms with Gasteiger partial charge in [0.15, 0.2) is 5.69 Å². The third-order valence-electron chi connectivity index (χ3n) is 1.52. The van der Waals surface area contributed by atoms with Crippen molar-refractivity contribution in [2.45, 2.75) is 6.43 Å². The summed E-state index contributed by atoms with van der Waals surface area (Å²) in [6.07, 6.45) is -3.18. The van der Waals surface area contributed by atoms with Crippen LogP contribution in [-0.2, 0) is 0 Å². The van der Waals surface area contributed by atoms with Crippen molar-refractivity contribution in [3.05, 3.63) is 27.6 Å². The molecule has 0 aliphatic rings. The van der Waals surface area contributed by atoms with Gasteiger partial charge in [-0.25, -0.2) is 13.8 Å². The lowest BCUT2D eigenvalue weighted by atomic mass is 10.2. The van der Waals surface area contributed by atoms with Gasteiger partial charge in [-0.2, -0.15) is 5.26 Å². The van der Waals surface area contributed by atoms with Crippen molar-refractivity contribution in [1.82, 2.24) is 4.98 Å². The van der Waals surface area contributed by atoms with Gasteiger partial charge < -0.3 is 5.11 Å². The van der Waals surface area contributed by atoms with E-state index < -0.39 is 34.2 Å². The molecule has 1 aromatic rings. The highest BCUT2D eigenvalue weighted by Gasteiger charge is 2.25. The molecule has 1 rings (SSSR count). The number of nitrogens with zero attached hydrogens (tertiary/aromatic N) is 3. The highest BCUT2D eigenvalue weighted by Crippen LogP contribution is 2.34. The summed E-state index contributed by atoms with van der Waals surface area (Å²) in [5, 5.41) is 27.8. The maximum absolute atomic E-state index is 12.2. The molecule has 0 atom stereocenters. The number of alkyl halides is 2. The molecule has 0 radical (unpaired) electrons. The fourth-order valence-corrected chi connectivity index (χ4v) is 0.893. The average Bonchev–Trinajstić information content (AvgIpc) is 2.17. The number of hydrogen-bond donors (Lipinski definition) is 1. The Labute approximate surface area is 81.6 Å². The fourth-order valence-electron chi connectivity index (χ4n) is 0.893. The van der Waals surface area contributed by atoms with Gasteiger partial charge in [0, 0.05) is 0 Å². The van der Waals surface area contributed by atoms with Gasteiger partial charge in [-0.3, -0.25) is 10.1 Å². The average molecular weight is 215 g/mol. The summed E-state index contributed by atoms with van der Waals surface area (Å²) >= 11 is 0. The topological polar surface area (TPSA) is 100 Å². The van der Waals surface area contributed by atoms with Crippen molar-refractivity contribution in [2.75, 3.05) is 0 Å². The van der Waals surface area contributed by atoms with E-state index in [0.717, 1.165) is 0 Å². The van der Waals surface area contributed by atoms with Crippen molar-refractivity contribution in [1.29, 1.82) is 5.26 Å². The molecule has 1 aromatic heterocycles. The van der Waals surface area contributed by atoms with E-state index in [1.54, 1.807) is 0 Å². The molecular formula is C7H3F2N3O3. The smallest absolute Gasteiger partial charge is 0.315 e. The highest BCUT2D eigenvalue weighted by molar-refractivity contribution is 5.51. The molecule has 1 heterocycles. The third kappa shape index (κ3) is 1.96. The molecule has 0 amide bonds. The van der Waals surface area contributed by atoms with E-state index in [2.05, 4.69) is 4.98 Å². The van der Waals surface area contributed by atoms with Crippen LogP contribution in [0.3, 0.4) is 0 Å². The first-order valence-corrected chi connectivity index (χ1v) is 3.54. The molecule has 0 unspecified atom stereocenters. The Hall–Kier alpha value is -2.30. The van der Waals surface area contributed by atoms with Gasteiger partial charge in [0.2, 0.25) is 5.75 Å². The van der Waals surface area contributed by atoms with Crippen molar-refractivity contribution < 1.29 is 18.8 Å². The maximum atomic E-state index is 12.2. The van der Waals surface area contributed by atoms with E-state index >= 15 is 0 Å². The van der Waals surface area contributed by atoms with Gasteiger partial charge in [-0.1, -0.05) is 0 Å². The van der Waals surface area contributed by atoms with E-state index in [4.69, 9.17) is 10.4 Å². The number of halogens is 2. The molecule has 0 saturated heterocycles. The van der Waals surface area contributed by atoms with Gasteiger partial charge in [-0.05, 0) is 0 Å². The lowest BCUT2D eigenvalue weighted by molar-refractivity contribution is -0.386. The summed E-state index contributed by atoms with van der Waals surface area (Å²) in [4.78, 5) is 12.3. The highest BCUT2D eigenvalue weighted by atomic mass is 19.3. The van der Waals surface area contributed by atoms with Gasteiger partial charge in [0.05, 0.1) is 11.0 Å². The first-order chi connectivity index (χ1) is 6.97. The summed E-state index contributed by atoms with van der Waals surface area (Å²) in [6, 6.07) is 2.01. The SMILES string of the molecule is N#Cc1cc([N+](=O)[O-])c(O)c(C(F)F)n1. The zero-order valence-electron chi connectivity index (χ0n) is 7.02. The predicted molar refractivity (Wildman–Crippen MR) is 42.2 cm³/mol. The van der Waals surface area contributed by atoms with Crippen LogP contribution >= 0.6 is 0 Å². The number of aromatic hydroxyl groups is 1. The maximum Gasteiger partial charge on any atom is 0.315 e. The molecule has 8 heteroatoms. The molecule has 0 fully saturated rings. The van der Waals surface area contributed by atoms with Crippen LogP contribution in [-0.4, -0.2) is 15.0 Å². The van der Waals surface area contributed by atoms with Gasteiger partial charge >= 0.3 is 5.69 Å². The Morgan fingerprint density at radius 3 is 2.67 bits per heavy atom. The predicted octanol–water partition coefficient (Wildman–Crippen LogP) is 1.50. The summed E-state index contributed by atoms with van der Waals surface area (Å²) in [5.74, 6) is -1.21. The minimum absolute atomic E-state index is 0.546. The molecule has 0 aliphatic heterocycles. The second-order valence-electron chi connectivity index (χ2n) is 2.43. The van der Waals surface area contributed by atoms with E-state index in [9.17, 15) is 18.9 Å². The largest absolute Gasteiger partial charge is 0.501 e. The molecule has 0 bridgehead atoms. The van der Waals surface area contributed by atoms with Crippen LogP contribution in [0.25, 0.3) is 0 Å². The normalized spacial score (nSPS) is 10.0. The molecule has 0 spiro atoms. The number of aromatic nitrogens is 1.